The number of rotatable bonds is 57. The third-order valence-corrected chi connectivity index (χ3v) is 14.5. The third kappa shape index (κ3) is 59.0. The molecule has 2 unspecified atom stereocenters. The normalized spacial score (nSPS) is 13.6. The number of hydrogen-bond donors (Lipinski definition) is 0. The first-order valence-corrected chi connectivity index (χ1v) is 32.5. The first-order valence-electron chi connectivity index (χ1n) is 31.0. The van der Waals surface area contributed by atoms with Crippen LogP contribution in [0.15, 0.2) is 60.8 Å². The highest BCUT2D eigenvalue weighted by molar-refractivity contribution is 7.45. The van der Waals surface area contributed by atoms with Crippen LogP contribution in [0.4, 0.5) is 0 Å². The van der Waals surface area contributed by atoms with Gasteiger partial charge in [-0.05, 0) is 57.8 Å². The highest BCUT2D eigenvalue weighted by Crippen LogP contribution is 2.38. The van der Waals surface area contributed by atoms with Crippen LogP contribution >= 0.6 is 7.82 Å². The van der Waals surface area contributed by atoms with Crippen molar-refractivity contribution in [3.63, 3.8) is 0 Å². The largest absolute Gasteiger partial charge is 0.756 e. The maximum atomic E-state index is 12.8. The summed E-state index contributed by atoms with van der Waals surface area (Å²) in [6.45, 7) is 4.16. The van der Waals surface area contributed by atoms with E-state index in [1.807, 2.05) is 21.1 Å². The molecule has 0 aliphatic carbocycles. The van der Waals surface area contributed by atoms with Crippen molar-refractivity contribution in [1.29, 1.82) is 0 Å². The number of ether oxygens (including phenoxy) is 2. The van der Waals surface area contributed by atoms with Crippen molar-refractivity contribution in [2.75, 3.05) is 47.5 Å². The van der Waals surface area contributed by atoms with Crippen molar-refractivity contribution in [1.82, 2.24) is 0 Å². The second-order valence-corrected chi connectivity index (χ2v) is 23.5. The molecule has 0 saturated heterocycles. The Bertz CT molecular complexity index is 1430. The minimum Gasteiger partial charge on any atom is -0.756 e. The molecule has 10 heteroatoms. The summed E-state index contributed by atoms with van der Waals surface area (Å²) in [5.74, 6) is -0.825. The molecule has 0 spiro atoms. The van der Waals surface area contributed by atoms with Crippen molar-refractivity contribution < 1.29 is 42.1 Å². The van der Waals surface area contributed by atoms with E-state index >= 15 is 0 Å². The zero-order valence-electron chi connectivity index (χ0n) is 49.0. The molecule has 0 rings (SSSR count). The van der Waals surface area contributed by atoms with Crippen LogP contribution < -0.4 is 4.89 Å². The molecule has 0 amide bonds. The van der Waals surface area contributed by atoms with Crippen molar-refractivity contribution in [2.45, 2.75) is 290 Å². The van der Waals surface area contributed by atoms with Gasteiger partial charge in [-0.2, -0.15) is 0 Å². The number of carbonyl (C=O) groups excluding carboxylic acids is 2. The van der Waals surface area contributed by atoms with Gasteiger partial charge in [0.15, 0.2) is 6.10 Å². The fourth-order valence-corrected chi connectivity index (χ4v) is 9.53. The van der Waals surface area contributed by atoms with Gasteiger partial charge in [0.1, 0.15) is 19.8 Å². The average Bonchev–Trinajstić information content (AvgIpc) is 3.36. The highest BCUT2D eigenvalue weighted by Gasteiger charge is 2.22. The predicted molar refractivity (Wildman–Crippen MR) is 314 cm³/mol. The lowest BCUT2D eigenvalue weighted by atomic mass is 10.0. The summed E-state index contributed by atoms with van der Waals surface area (Å²) in [5.41, 5.74) is 0. The van der Waals surface area contributed by atoms with Gasteiger partial charge in [0.25, 0.3) is 7.82 Å². The summed E-state index contributed by atoms with van der Waals surface area (Å²) in [6, 6.07) is 0. The number of quaternary nitrogens is 1. The van der Waals surface area contributed by atoms with Crippen LogP contribution in [0.1, 0.15) is 284 Å². The Morgan fingerprint density at radius 3 is 1.15 bits per heavy atom. The summed E-state index contributed by atoms with van der Waals surface area (Å²) in [4.78, 5) is 37.9. The summed E-state index contributed by atoms with van der Waals surface area (Å²) in [7, 11) is 1.17. The van der Waals surface area contributed by atoms with E-state index in [0.717, 1.165) is 77.0 Å². The minimum atomic E-state index is -4.64. The van der Waals surface area contributed by atoms with Gasteiger partial charge >= 0.3 is 11.9 Å². The van der Waals surface area contributed by atoms with Crippen LogP contribution in [0.25, 0.3) is 0 Å². The van der Waals surface area contributed by atoms with Crippen molar-refractivity contribution in [3.05, 3.63) is 60.8 Å². The Morgan fingerprint density at radius 2 is 0.770 bits per heavy atom. The number of phosphoric ester groups is 1. The molecule has 0 aliphatic heterocycles. The maximum Gasteiger partial charge on any atom is 0.306 e. The Balaban J connectivity index is 4.12. The Labute approximate surface area is 457 Å². The van der Waals surface area contributed by atoms with E-state index in [2.05, 4.69) is 74.6 Å². The number of hydrogen-bond acceptors (Lipinski definition) is 8. The highest BCUT2D eigenvalue weighted by atomic mass is 31.2. The number of allylic oxidation sites excluding steroid dienone is 10. The lowest BCUT2D eigenvalue weighted by molar-refractivity contribution is -0.870. The molecule has 0 heterocycles. The SMILES string of the molecule is CC/C=C\C/C=C\C/C=C\C/C=C\C/C=C\CCCCCCCCCCCCCC(=O)OC(COC(=O)CCCCCCCCCCCCCCCCCCCCCCCCC)COP(=O)([O-])OCC[N+](C)(C)C. The smallest absolute Gasteiger partial charge is 0.306 e. The van der Waals surface area contributed by atoms with Crippen LogP contribution in [0.2, 0.25) is 0 Å². The van der Waals surface area contributed by atoms with E-state index in [1.54, 1.807) is 0 Å². The average molecular weight is 1060 g/mol. The zero-order chi connectivity index (χ0) is 54.2. The second kappa shape index (κ2) is 55.5. The lowest BCUT2D eigenvalue weighted by Crippen LogP contribution is -2.37. The fraction of sp³-hybridized carbons (Fsp3) is 0.812. The molecule has 0 N–H and O–H groups in total. The van der Waals surface area contributed by atoms with Crippen LogP contribution in [0, 0.1) is 0 Å². The minimum absolute atomic E-state index is 0.0315. The molecule has 0 aliphatic rings. The number of carbonyl (C=O) groups is 2. The number of unbranched alkanes of at least 4 members (excludes halogenated alkanes) is 33. The van der Waals surface area contributed by atoms with Crippen LogP contribution in [-0.2, 0) is 32.7 Å². The number of esters is 2. The van der Waals surface area contributed by atoms with E-state index < -0.39 is 26.5 Å². The first kappa shape index (κ1) is 71.7. The molecule has 74 heavy (non-hydrogen) atoms. The molecule has 0 aromatic heterocycles. The van der Waals surface area contributed by atoms with Crippen LogP contribution in [0.5, 0.6) is 0 Å². The molecule has 9 nitrogen and oxygen atoms in total. The van der Waals surface area contributed by atoms with Crippen molar-refractivity contribution in [2.24, 2.45) is 0 Å². The van der Waals surface area contributed by atoms with Gasteiger partial charge in [-0.1, -0.05) is 274 Å². The third-order valence-electron chi connectivity index (χ3n) is 13.6. The van der Waals surface area contributed by atoms with E-state index in [9.17, 15) is 19.0 Å². The molecule has 2 atom stereocenters. The van der Waals surface area contributed by atoms with E-state index in [-0.39, 0.29) is 32.0 Å². The number of likely N-dealkylation sites (N-methyl/N-ethyl adjacent to an activating group) is 1. The van der Waals surface area contributed by atoms with Gasteiger partial charge in [-0.15, -0.1) is 0 Å². The van der Waals surface area contributed by atoms with Gasteiger partial charge in [0.05, 0.1) is 27.7 Å². The summed E-state index contributed by atoms with van der Waals surface area (Å²) >= 11 is 0. The van der Waals surface area contributed by atoms with Gasteiger partial charge in [-0.25, -0.2) is 0 Å². The van der Waals surface area contributed by atoms with Gasteiger partial charge in [-0.3, -0.25) is 14.2 Å². The van der Waals surface area contributed by atoms with Crippen molar-refractivity contribution in [3.8, 4) is 0 Å². The second-order valence-electron chi connectivity index (χ2n) is 22.0. The maximum absolute atomic E-state index is 12.8. The van der Waals surface area contributed by atoms with Crippen LogP contribution in [-0.4, -0.2) is 70.0 Å². The van der Waals surface area contributed by atoms with Gasteiger partial charge in [0, 0.05) is 12.8 Å². The molecule has 0 fully saturated rings. The number of nitrogens with zero attached hydrogens (tertiary/aromatic N) is 1. The number of phosphoric acid groups is 1. The summed E-state index contributed by atoms with van der Waals surface area (Å²) < 4.78 is 34.2. The van der Waals surface area contributed by atoms with Gasteiger partial charge in [0.2, 0.25) is 0 Å². The molecule has 0 aromatic carbocycles. The topological polar surface area (TPSA) is 111 Å². The predicted octanol–water partition coefficient (Wildman–Crippen LogP) is 18.9. The standard InChI is InChI=1S/C64H118NO8P/c1-6-8-10-12-14-16-18-20-22-24-26-28-30-31-32-33-35-37-39-41-43-45-47-49-51-53-55-57-64(67)73-62(61-72-74(68,69)71-59-58-65(3,4)5)60-70-63(66)56-54-52-50-48-46-44-42-40-38-36-34-29-27-25-23-21-19-17-15-13-11-9-7-2/h8,10,14,16,20,22,26,28,31-32,62H,6-7,9,11-13,15,17-19,21,23-25,27,29-30,33-61H2,1-5H3/b10-8-,16-14-,22-20-,28-26-,32-31-. The Kier molecular flexibility index (Phi) is 53.7. The van der Waals surface area contributed by atoms with E-state index in [0.29, 0.717) is 17.4 Å². The van der Waals surface area contributed by atoms with E-state index in [4.69, 9.17) is 18.5 Å². The molecule has 0 radical (unpaired) electrons. The fourth-order valence-electron chi connectivity index (χ4n) is 8.80. The van der Waals surface area contributed by atoms with E-state index in [1.165, 1.54) is 173 Å². The molecular formula is C64H118NO8P. The molecular weight excluding hydrogens is 942 g/mol. The first-order chi connectivity index (χ1) is 36.0. The monoisotopic (exact) mass is 1060 g/mol. The lowest BCUT2D eigenvalue weighted by Gasteiger charge is -2.28. The molecule has 432 valence electrons. The molecule has 0 bridgehead atoms. The zero-order valence-corrected chi connectivity index (χ0v) is 49.9. The summed E-state index contributed by atoms with van der Waals surface area (Å²) in [5, 5.41) is 0. The van der Waals surface area contributed by atoms with Crippen molar-refractivity contribution >= 4 is 19.8 Å². The quantitative estimate of drug-likeness (QED) is 0.0195. The summed E-state index contributed by atoms with van der Waals surface area (Å²) in [6.07, 6.45) is 71.3. The Hall–Kier alpha value is -2.29. The van der Waals surface area contributed by atoms with Crippen LogP contribution in [0.3, 0.4) is 0 Å². The molecule has 0 aromatic rings. The Morgan fingerprint density at radius 1 is 0.432 bits per heavy atom. The molecule has 0 saturated carbocycles. The van der Waals surface area contributed by atoms with Gasteiger partial charge < -0.3 is 27.9 Å².